The molecule has 0 amide bonds. The van der Waals surface area contributed by atoms with E-state index in [-0.39, 0.29) is 44.7 Å². The van der Waals surface area contributed by atoms with E-state index in [0.717, 1.165) is 11.1 Å². The Bertz CT molecular complexity index is 1340. The minimum atomic E-state index is -1.04. The van der Waals surface area contributed by atoms with E-state index in [9.17, 15) is 20.0 Å². The van der Waals surface area contributed by atoms with Crippen molar-refractivity contribution >= 4 is 63.9 Å². The van der Waals surface area contributed by atoms with Crippen LogP contribution in [0.2, 0.25) is 10.0 Å². The van der Waals surface area contributed by atoms with Crippen LogP contribution in [-0.4, -0.2) is 26.6 Å². The molecule has 6 nitrogen and oxygen atoms in total. The average Bonchev–Trinajstić information content (AvgIpc) is 3.14. The van der Waals surface area contributed by atoms with Crippen LogP contribution in [0.1, 0.15) is 39.9 Å². The van der Waals surface area contributed by atoms with Crippen LogP contribution < -0.4 is 5.32 Å². The quantitative estimate of drug-likeness (QED) is 0.193. The summed E-state index contributed by atoms with van der Waals surface area (Å²) in [4.78, 5) is 23.8. The Morgan fingerprint density at radius 2 is 1.86 bits per heavy atom. The molecule has 2 N–H and O–H groups in total. The van der Waals surface area contributed by atoms with Gasteiger partial charge in [0.25, 0.3) is 5.69 Å². The van der Waals surface area contributed by atoms with Gasteiger partial charge in [-0.2, -0.15) is 0 Å². The van der Waals surface area contributed by atoms with Gasteiger partial charge in [0.15, 0.2) is 0 Å². The van der Waals surface area contributed by atoms with Gasteiger partial charge in [-0.15, -0.1) is 23.4 Å². The molecule has 1 aliphatic carbocycles. The molecule has 0 spiro atoms. The predicted molar refractivity (Wildman–Crippen MR) is 139 cm³/mol. The molecule has 0 radical (unpaired) electrons. The highest BCUT2D eigenvalue weighted by Gasteiger charge is 2.51. The van der Waals surface area contributed by atoms with Crippen LogP contribution in [0.15, 0.2) is 65.6 Å². The fourth-order valence-electron chi connectivity index (χ4n) is 5.25. The van der Waals surface area contributed by atoms with Gasteiger partial charge in [-0.3, -0.25) is 10.1 Å². The van der Waals surface area contributed by atoms with Gasteiger partial charge in [-0.1, -0.05) is 53.5 Å². The summed E-state index contributed by atoms with van der Waals surface area (Å²) in [7, 11) is 0. The summed E-state index contributed by atoms with van der Waals surface area (Å²) in [6.07, 6.45) is 0.656. The normalized spacial score (nSPS) is 24.8. The molecule has 10 heteroatoms. The molecule has 5 rings (SSSR count). The van der Waals surface area contributed by atoms with E-state index in [1.54, 1.807) is 42.5 Å². The second-order valence-corrected chi connectivity index (χ2v) is 11.2. The molecular formula is C25H19Cl3N2O4S. The number of rotatable bonds is 5. The Hall–Kier alpha value is -2.45. The van der Waals surface area contributed by atoms with Crippen LogP contribution in [0.4, 0.5) is 11.4 Å². The fraction of sp³-hybridized carbons (Fsp3) is 0.240. The highest BCUT2D eigenvalue weighted by molar-refractivity contribution is 8.00. The van der Waals surface area contributed by atoms with E-state index < -0.39 is 5.97 Å². The largest absolute Gasteiger partial charge is 0.478 e. The van der Waals surface area contributed by atoms with E-state index >= 15 is 0 Å². The number of benzene rings is 3. The lowest BCUT2D eigenvalue weighted by atomic mass is 9.76. The monoisotopic (exact) mass is 548 g/mol. The smallest absolute Gasteiger partial charge is 0.337 e. The molecule has 0 saturated heterocycles. The van der Waals surface area contributed by atoms with Gasteiger partial charge in [-0.25, -0.2) is 4.79 Å². The van der Waals surface area contributed by atoms with Gasteiger partial charge in [0.05, 0.1) is 32.5 Å². The number of para-hydroxylation sites is 2. The number of fused-ring (bicyclic) bond motifs is 3. The molecule has 35 heavy (non-hydrogen) atoms. The maximum atomic E-state index is 12.0. The second-order valence-electron chi connectivity index (χ2n) is 8.61. The van der Waals surface area contributed by atoms with E-state index in [1.807, 2.05) is 12.1 Å². The molecule has 2 aliphatic rings. The third-order valence-corrected chi connectivity index (χ3v) is 9.39. The molecule has 3 aromatic carbocycles. The summed E-state index contributed by atoms with van der Waals surface area (Å²) < 4.78 is 0. The standard InChI is InChI=1S/C25H19Cl3N2O4S/c26-12-8-9-13(17(27)10-12)23-16-11-20(35-19-7-2-1-6-18(19)30(33)34)22(28)21(16)14-4-3-5-15(25(31)32)24(14)29-23/h1-10,16,20-23,29H,11H2,(H,31,32)/t16-,20-,21+,22-,23-/m1/s1. The number of aromatic carboxylic acids is 1. The lowest BCUT2D eigenvalue weighted by Gasteiger charge is -2.39. The number of hydrogen-bond donors (Lipinski definition) is 2. The number of carboxylic acids is 1. The Kier molecular flexibility index (Phi) is 6.61. The number of anilines is 1. The Labute approximate surface area is 220 Å². The maximum absolute atomic E-state index is 12.0. The number of alkyl halides is 1. The molecule has 1 saturated carbocycles. The third kappa shape index (κ3) is 4.35. The van der Waals surface area contributed by atoms with Crippen LogP contribution in [-0.2, 0) is 0 Å². The summed E-state index contributed by atoms with van der Waals surface area (Å²) in [5, 5.41) is 25.3. The first-order chi connectivity index (χ1) is 16.8. The predicted octanol–water partition coefficient (Wildman–Crippen LogP) is 7.64. The minimum absolute atomic E-state index is 0.0204. The number of nitrogens with one attached hydrogen (secondary N) is 1. The fourth-order valence-corrected chi connectivity index (χ4v) is 7.72. The molecule has 180 valence electrons. The van der Waals surface area contributed by atoms with Crippen LogP contribution in [0.5, 0.6) is 0 Å². The van der Waals surface area contributed by atoms with Gasteiger partial charge in [0.1, 0.15) is 0 Å². The van der Waals surface area contributed by atoms with Crippen molar-refractivity contribution in [1.29, 1.82) is 0 Å². The number of nitro groups is 1. The number of thioether (sulfide) groups is 1. The molecule has 1 heterocycles. The Balaban J connectivity index is 1.60. The summed E-state index contributed by atoms with van der Waals surface area (Å²) in [5.41, 5.74) is 2.37. The first-order valence-corrected chi connectivity index (χ1v) is 12.9. The van der Waals surface area contributed by atoms with Gasteiger partial charge in [0, 0.05) is 27.3 Å². The van der Waals surface area contributed by atoms with Crippen molar-refractivity contribution < 1.29 is 14.8 Å². The number of nitro benzene ring substituents is 1. The van der Waals surface area contributed by atoms with Crippen LogP contribution in [0.25, 0.3) is 0 Å². The zero-order valence-corrected chi connectivity index (χ0v) is 21.1. The Morgan fingerprint density at radius 3 is 2.57 bits per heavy atom. The number of hydrogen-bond acceptors (Lipinski definition) is 5. The maximum Gasteiger partial charge on any atom is 0.337 e. The highest BCUT2D eigenvalue weighted by Crippen LogP contribution is 2.59. The first kappa shape index (κ1) is 24.3. The molecule has 5 atom stereocenters. The van der Waals surface area contributed by atoms with Crippen molar-refractivity contribution in [3.8, 4) is 0 Å². The topological polar surface area (TPSA) is 92.5 Å². The summed E-state index contributed by atoms with van der Waals surface area (Å²) in [5.74, 6) is -1.24. The summed E-state index contributed by atoms with van der Waals surface area (Å²) in [6.45, 7) is 0. The van der Waals surface area contributed by atoms with Gasteiger partial charge in [0.2, 0.25) is 0 Å². The van der Waals surface area contributed by atoms with Gasteiger partial charge < -0.3 is 10.4 Å². The summed E-state index contributed by atoms with van der Waals surface area (Å²) >= 11 is 21.2. The van der Waals surface area contributed by atoms with Crippen molar-refractivity contribution in [2.45, 2.75) is 33.9 Å². The molecule has 0 bridgehead atoms. The number of nitrogens with zero attached hydrogens (tertiary/aromatic N) is 1. The van der Waals surface area contributed by atoms with Crippen molar-refractivity contribution in [2.75, 3.05) is 5.32 Å². The van der Waals surface area contributed by atoms with Crippen molar-refractivity contribution in [3.63, 3.8) is 0 Å². The number of carbonyl (C=O) groups is 1. The van der Waals surface area contributed by atoms with Gasteiger partial charge in [-0.05, 0) is 47.7 Å². The molecule has 1 aliphatic heterocycles. The number of carboxylic acid groups (broad SMARTS) is 1. The summed E-state index contributed by atoms with van der Waals surface area (Å²) in [6, 6.07) is 16.8. The molecule has 0 unspecified atom stereocenters. The number of halogens is 3. The SMILES string of the molecule is O=C(O)c1cccc2c1N[C@H](c1ccc(Cl)cc1Cl)[C@@H]1C[C@@H](Sc3ccccc3[N+](=O)[O-])[C@@H](Cl)[C@@H]21. The highest BCUT2D eigenvalue weighted by atomic mass is 35.5. The first-order valence-electron chi connectivity index (χ1n) is 10.9. The lowest BCUT2D eigenvalue weighted by Crippen LogP contribution is -2.32. The lowest BCUT2D eigenvalue weighted by molar-refractivity contribution is -0.387. The van der Waals surface area contributed by atoms with Gasteiger partial charge >= 0.3 is 5.97 Å². The third-order valence-electron chi connectivity index (χ3n) is 6.72. The second kappa shape index (κ2) is 9.54. The van der Waals surface area contributed by atoms with E-state index in [4.69, 9.17) is 34.8 Å². The molecule has 3 aromatic rings. The molecule has 0 aromatic heterocycles. The van der Waals surface area contributed by atoms with Crippen LogP contribution >= 0.6 is 46.6 Å². The van der Waals surface area contributed by atoms with E-state index in [1.165, 1.54) is 17.8 Å². The van der Waals surface area contributed by atoms with Crippen molar-refractivity contribution in [2.24, 2.45) is 5.92 Å². The van der Waals surface area contributed by atoms with Crippen LogP contribution in [0, 0.1) is 16.0 Å². The van der Waals surface area contributed by atoms with Crippen LogP contribution in [0.3, 0.4) is 0 Å². The Morgan fingerprint density at radius 1 is 1.09 bits per heavy atom. The average molecular weight is 550 g/mol. The van der Waals surface area contributed by atoms with E-state index in [0.29, 0.717) is 27.0 Å². The minimum Gasteiger partial charge on any atom is -0.478 e. The molecule has 1 fully saturated rings. The zero-order chi connectivity index (χ0) is 24.9. The molecular weight excluding hydrogens is 531 g/mol. The van der Waals surface area contributed by atoms with E-state index in [2.05, 4.69) is 5.32 Å². The van der Waals surface area contributed by atoms with Crippen molar-refractivity contribution in [3.05, 3.63) is 97.5 Å². The van der Waals surface area contributed by atoms with Crippen molar-refractivity contribution in [1.82, 2.24) is 0 Å². The zero-order valence-electron chi connectivity index (χ0n) is 18.0.